The van der Waals surface area contributed by atoms with E-state index in [9.17, 15) is 4.79 Å². The maximum atomic E-state index is 12.1. The van der Waals surface area contributed by atoms with Gasteiger partial charge in [-0.3, -0.25) is 4.79 Å². The van der Waals surface area contributed by atoms with Gasteiger partial charge in [-0.2, -0.15) is 0 Å². The van der Waals surface area contributed by atoms with E-state index in [4.69, 9.17) is 15.2 Å². The minimum Gasteiger partial charge on any atom is -0.497 e. The predicted octanol–water partition coefficient (Wildman–Crippen LogP) is 2.68. The Morgan fingerprint density at radius 1 is 1.14 bits per heavy atom. The molecule has 0 aliphatic rings. The van der Waals surface area contributed by atoms with E-state index in [1.807, 2.05) is 0 Å². The maximum absolute atomic E-state index is 12.1. The summed E-state index contributed by atoms with van der Waals surface area (Å²) < 4.78 is 10.6. The molecule has 21 heavy (non-hydrogen) atoms. The minimum absolute atomic E-state index is 0.234. The molecule has 0 aliphatic heterocycles. The van der Waals surface area contributed by atoms with Crippen molar-refractivity contribution in [1.82, 2.24) is 0 Å². The van der Waals surface area contributed by atoms with Crippen LogP contribution in [0, 0.1) is 0 Å². The van der Waals surface area contributed by atoms with Crippen molar-refractivity contribution < 1.29 is 14.3 Å². The summed E-state index contributed by atoms with van der Waals surface area (Å²) in [5.74, 6) is 1.06. The molecule has 0 bridgehead atoms. The standard InChI is InChI=1S/C16H18N2O3/c1-11(21-15-5-3-4-12(17)10-15)16(19)18-13-6-8-14(20-2)9-7-13/h3-11H,17H2,1-2H3,(H,18,19)/t11-/m1/s1. The van der Waals surface area contributed by atoms with Gasteiger partial charge in [-0.05, 0) is 43.3 Å². The molecule has 0 aromatic heterocycles. The van der Waals surface area contributed by atoms with Crippen molar-refractivity contribution in [3.8, 4) is 11.5 Å². The molecule has 2 rings (SSSR count). The number of nitrogens with one attached hydrogen (secondary N) is 1. The number of nitrogens with two attached hydrogens (primary N) is 1. The van der Waals surface area contributed by atoms with E-state index in [1.165, 1.54) is 0 Å². The number of amides is 1. The Balaban J connectivity index is 1.95. The van der Waals surface area contributed by atoms with Crippen LogP contribution in [0.4, 0.5) is 11.4 Å². The van der Waals surface area contributed by atoms with Gasteiger partial charge in [0.05, 0.1) is 7.11 Å². The van der Waals surface area contributed by atoms with E-state index < -0.39 is 6.10 Å². The van der Waals surface area contributed by atoms with Crippen LogP contribution in [0.25, 0.3) is 0 Å². The normalized spacial score (nSPS) is 11.5. The largest absolute Gasteiger partial charge is 0.497 e. The number of nitrogen functional groups attached to an aromatic ring is 1. The van der Waals surface area contributed by atoms with Crippen molar-refractivity contribution in [2.75, 3.05) is 18.2 Å². The van der Waals surface area contributed by atoms with Crippen molar-refractivity contribution in [3.05, 3.63) is 48.5 Å². The minimum atomic E-state index is -0.631. The van der Waals surface area contributed by atoms with Gasteiger partial charge in [0.1, 0.15) is 11.5 Å². The van der Waals surface area contributed by atoms with Gasteiger partial charge in [-0.25, -0.2) is 0 Å². The predicted molar refractivity (Wildman–Crippen MR) is 82.6 cm³/mol. The number of benzene rings is 2. The van der Waals surface area contributed by atoms with Crippen LogP contribution in [0.15, 0.2) is 48.5 Å². The van der Waals surface area contributed by atoms with Gasteiger partial charge in [-0.15, -0.1) is 0 Å². The zero-order chi connectivity index (χ0) is 15.2. The lowest BCUT2D eigenvalue weighted by Gasteiger charge is -2.15. The van der Waals surface area contributed by atoms with E-state index in [2.05, 4.69) is 5.32 Å². The second-order valence-electron chi connectivity index (χ2n) is 4.55. The summed E-state index contributed by atoms with van der Waals surface area (Å²) in [5.41, 5.74) is 6.95. The summed E-state index contributed by atoms with van der Waals surface area (Å²) >= 11 is 0. The van der Waals surface area contributed by atoms with E-state index in [1.54, 1.807) is 62.6 Å². The van der Waals surface area contributed by atoms with E-state index in [0.29, 0.717) is 17.1 Å². The lowest BCUT2D eigenvalue weighted by atomic mass is 10.2. The molecular formula is C16H18N2O3. The number of hydrogen-bond acceptors (Lipinski definition) is 4. The van der Waals surface area contributed by atoms with E-state index in [-0.39, 0.29) is 5.91 Å². The molecule has 0 spiro atoms. The molecule has 1 atom stereocenters. The maximum Gasteiger partial charge on any atom is 0.265 e. The topological polar surface area (TPSA) is 73.6 Å². The molecule has 2 aromatic rings. The first-order valence-electron chi connectivity index (χ1n) is 6.55. The molecule has 5 nitrogen and oxygen atoms in total. The Morgan fingerprint density at radius 3 is 2.48 bits per heavy atom. The number of hydrogen-bond donors (Lipinski definition) is 2. The Labute approximate surface area is 123 Å². The molecule has 3 N–H and O–H groups in total. The fourth-order valence-electron chi connectivity index (χ4n) is 1.76. The summed E-state index contributed by atoms with van der Waals surface area (Å²) in [6, 6.07) is 14.1. The number of methoxy groups -OCH3 is 1. The van der Waals surface area contributed by atoms with E-state index in [0.717, 1.165) is 5.75 Å². The zero-order valence-electron chi connectivity index (χ0n) is 12.0. The van der Waals surface area contributed by atoms with Crippen molar-refractivity contribution in [2.24, 2.45) is 0 Å². The fourth-order valence-corrected chi connectivity index (χ4v) is 1.76. The highest BCUT2D eigenvalue weighted by atomic mass is 16.5. The van der Waals surface area contributed by atoms with Crippen LogP contribution in [0.5, 0.6) is 11.5 Å². The van der Waals surface area contributed by atoms with Gasteiger partial charge in [0.25, 0.3) is 5.91 Å². The van der Waals surface area contributed by atoms with Gasteiger partial charge in [-0.1, -0.05) is 6.07 Å². The highest BCUT2D eigenvalue weighted by Gasteiger charge is 2.14. The van der Waals surface area contributed by atoms with Crippen LogP contribution < -0.4 is 20.5 Å². The first-order valence-corrected chi connectivity index (χ1v) is 6.55. The molecular weight excluding hydrogens is 268 g/mol. The lowest BCUT2D eigenvalue weighted by Crippen LogP contribution is -2.30. The molecule has 110 valence electrons. The van der Waals surface area contributed by atoms with Gasteiger partial charge in [0.2, 0.25) is 0 Å². The Hall–Kier alpha value is -2.69. The summed E-state index contributed by atoms with van der Waals surface area (Å²) in [6.45, 7) is 1.68. The monoisotopic (exact) mass is 286 g/mol. The number of anilines is 2. The van der Waals surface area contributed by atoms with Crippen LogP contribution in [0.2, 0.25) is 0 Å². The Morgan fingerprint density at radius 2 is 1.86 bits per heavy atom. The second-order valence-corrected chi connectivity index (χ2v) is 4.55. The molecule has 5 heteroatoms. The third-order valence-corrected chi connectivity index (χ3v) is 2.90. The third-order valence-electron chi connectivity index (χ3n) is 2.90. The average molecular weight is 286 g/mol. The van der Waals surface area contributed by atoms with Crippen molar-refractivity contribution in [2.45, 2.75) is 13.0 Å². The summed E-state index contributed by atoms with van der Waals surface area (Å²) in [4.78, 5) is 12.1. The van der Waals surface area contributed by atoms with Gasteiger partial charge < -0.3 is 20.5 Å². The second kappa shape index (κ2) is 6.65. The van der Waals surface area contributed by atoms with Crippen molar-refractivity contribution in [1.29, 1.82) is 0 Å². The average Bonchev–Trinajstić information content (AvgIpc) is 2.48. The highest BCUT2D eigenvalue weighted by molar-refractivity contribution is 5.94. The number of ether oxygens (including phenoxy) is 2. The molecule has 1 amide bonds. The molecule has 2 aromatic carbocycles. The Kier molecular flexibility index (Phi) is 4.66. The van der Waals surface area contributed by atoms with Crippen LogP contribution in [0.3, 0.4) is 0 Å². The van der Waals surface area contributed by atoms with E-state index >= 15 is 0 Å². The number of carbonyl (C=O) groups excluding carboxylic acids is 1. The van der Waals surface area contributed by atoms with Gasteiger partial charge in [0.15, 0.2) is 6.10 Å². The van der Waals surface area contributed by atoms with Crippen LogP contribution in [-0.2, 0) is 4.79 Å². The molecule has 0 radical (unpaired) electrons. The number of carbonyl (C=O) groups is 1. The molecule has 0 aliphatic carbocycles. The van der Waals surface area contributed by atoms with Gasteiger partial charge in [0, 0.05) is 17.4 Å². The van der Waals surface area contributed by atoms with Crippen LogP contribution in [-0.4, -0.2) is 19.1 Å². The third kappa shape index (κ3) is 4.14. The van der Waals surface area contributed by atoms with Crippen molar-refractivity contribution >= 4 is 17.3 Å². The molecule has 0 saturated carbocycles. The molecule has 0 fully saturated rings. The smallest absolute Gasteiger partial charge is 0.265 e. The van der Waals surface area contributed by atoms with Gasteiger partial charge >= 0.3 is 0 Å². The lowest BCUT2D eigenvalue weighted by molar-refractivity contribution is -0.122. The fraction of sp³-hybridized carbons (Fsp3) is 0.188. The molecule has 0 saturated heterocycles. The summed E-state index contributed by atoms with van der Waals surface area (Å²) in [7, 11) is 1.59. The summed E-state index contributed by atoms with van der Waals surface area (Å²) in [5, 5.41) is 2.78. The number of rotatable bonds is 5. The molecule has 0 unspecified atom stereocenters. The highest BCUT2D eigenvalue weighted by Crippen LogP contribution is 2.18. The van der Waals surface area contributed by atoms with Crippen molar-refractivity contribution in [3.63, 3.8) is 0 Å². The van der Waals surface area contributed by atoms with Crippen LogP contribution >= 0.6 is 0 Å². The Bertz CT molecular complexity index is 611. The first kappa shape index (κ1) is 14.7. The SMILES string of the molecule is COc1ccc(NC(=O)[C@@H](C)Oc2cccc(N)c2)cc1. The summed E-state index contributed by atoms with van der Waals surface area (Å²) in [6.07, 6.45) is -0.631. The zero-order valence-corrected chi connectivity index (χ0v) is 12.0. The van der Waals surface area contributed by atoms with Crippen LogP contribution in [0.1, 0.15) is 6.92 Å². The molecule has 0 heterocycles. The quantitative estimate of drug-likeness (QED) is 0.829. The first-order chi connectivity index (χ1) is 10.1.